The number of amides is 4. The summed E-state index contributed by atoms with van der Waals surface area (Å²) < 4.78 is 26.7. The maximum atomic E-state index is 15.1. The number of hydrogen-bond acceptors (Lipinski definition) is 14. The SMILES string of the molecule is O=C(NCCOCCOCCN1CCN(CC2CCN(CC(=O)N3CCN(C(=O)c4cc(Cc5n[nH]c(=O)c6ccccc56)ccc4F)CC3)CC2)CC1)c1cccc([C@@H]2CCCN(C(=O)CN3Cc4cncnc4C3)C2)c1. The second kappa shape index (κ2) is 26.4. The largest absolute Gasteiger partial charge is 0.378 e. The van der Waals surface area contributed by atoms with Gasteiger partial charge in [-0.05, 0) is 86.1 Å². The molecule has 0 aliphatic carbocycles. The van der Waals surface area contributed by atoms with Crippen LogP contribution in [0, 0.1) is 11.7 Å². The lowest BCUT2D eigenvalue weighted by molar-refractivity contribution is -0.134. The van der Waals surface area contributed by atoms with Gasteiger partial charge in [-0.25, -0.2) is 19.5 Å². The molecule has 0 unspecified atom stereocenters. The first-order valence-electron chi connectivity index (χ1n) is 27.9. The fourth-order valence-electron chi connectivity index (χ4n) is 11.7. The van der Waals surface area contributed by atoms with Crippen LogP contribution in [-0.4, -0.2) is 216 Å². The zero-order valence-electron chi connectivity index (χ0n) is 44.7. The molecular weight excluding hydrogens is 996 g/mol. The number of piperazine rings is 2. The molecule has 3 aromatic carbocycles. The summed E-state index contributed by atoms with van der Waals surface area (Å²) in [4.78, 5) is 88.9. The van der Waals surface area contributed by atoms with E-state index in [0.29, 0.717) is 132 Å². The molecule has 5 aliphatic rings. The van der Waals surface area contributed by atoms with Crippen LogP contribution in [0.5, 0.6) is 0 Å². The minimum absolute atomic E-state index is 0.0103. The van der Waals surface area contributed by atoms with E-state index in [-0.39, 0.29) is 34.8 Å². The molecule has 2 aromatic heterocycles. The highest BCUT2D eigenvalue weighted by atomic mass is 19.1. The summed E-state index contributed by atoms with van der Waals surface area (Å²) in [6.07, 6.45) is 7.73. The lowest BCUT2D eigenvalue weighted by Crippen LogP contribution is -2.53. The predicted molar refractivity (Wildman–Crippen MR) is 291 cm³/mol. The van der Waals surface area contributed by atoms with Crippen molar-refractivity contribution in [2.75, 3.05) is 138 Å². The molecule has 5 aliphatic heterocycles. The van der Waals surface area contributed by atoms with Crippen molar-refractivity contribution in [2.45, 2.75) is 51.1 Å². The molecule has 78 heavy (non-hydrogen) atoms. The van der Waals surface area contributed by atoms with Gasteiger partial charge in [0.1, 0.15) is 12.1 Å². The maximum absolute atomic E-state index is 15.1. The summed E-state index contributed by atoms with van der Waals surface area (Å²) in [5.74, 6) is -0.148. The van der Waals surface area contributed by atoms with Crippen LogP contribution in [-0.2, 0) is 38.6 Å². The first-order chi connectivity index (χ1) is 38.1. The van der Waals surface area contributed by atoms with Crippen LogP contribution in [0.4, 0.5) is 4.39 Å². The van der Waals surface area contributed by atoms with Crippen molar-refractivity contribution in [1.82, 2.24) is 59.8 Å². The van der Waals surface area contributed by atoms with Crippen molar-refractivity contribution < 1.29 is 33.0 Å². The molecule has 20 heteroatoms. The Morgan fingerprint density at radius 2 is 1.45 bits per heavy atom. The van der Waals surface area contributed by atoms with Gasteiger partial charge >= 0.3 is 0 Å². The van der Waals surface area contributed by atoms with Crippen molar-refractivity contribution in [2.24, 2.45) is 5.92 Å². The second-order valence-electron chi connectivity index (χ2n) is 21.5. The number of likely N-dealkylation sites (tertiary alicyclic amines) is 2. The highest BCUT2D eigenvalue weighted by Gasteiger charge is 2.31. The number of aromatic amines is 1. The van der Waals surface area contributed by atoms with Crippen molar-refractivity contribution in [3.8, 4) is 0 Å². The zero-order chi connectivity index (χ0) is 53.8. The monoisotopic (exact) mass is 1070 g/mol. The van der Waals surface area contributed by atoms with Crippen LogP contribution >= 0.6 is 0 Å². The van der Waals surface area contributed by atoms with Crippen LogP contribution in [0.1, 0.15) is 80.4 Å². The first-order valence-corrected chi connectivity index (χ1v) is 27.9. The molecule has 7 heterocycles. The molecule has 2 N–H and O–H groups in total. The van der Waals surface area contributed by atoms with E-state index in [1.807, 2.05) is 46.3 Å². The van der Waals surface area contributed by atoms with Crippen molar-refractivity contribution in [3.05, 3.63) is 135 Å². The predicted octanol–water partition coefficient (Wildman–Crippen LogP) is 3.24. The Bertz CT molecular complexity index is 2910. The lowest BCUT2D eigenvalue weighted by atomic mass is 9.89. The Balaban J connectivity index is 0.543. The number of rotatable bonds is 20. The molecule has 0 radical (unpaired) electrons. The number of fused-ring (bicyclic) bond motifs is 2. The number of aromatic nitrogens is 4. The van der Waals surface area contributed by atoms with E-state index in [0.717, 1.165) is 101 Å². The fourth-order valence-corrected chi connectivity index (χ4v) is 11.7. The van der Waals surface area contributed by atoms with Gasteiger partial charge in [0.15, 0.2) is 0 Å². The molecule has 0 saturated carbocycles. The van der Waals surface area contributed by atoms with E-state index in [1.54, 1.807) is 35.5 Å². The van der Waals surface area contributed by atoms with Gasteiger partial charge in [-0.15, -0.1) is 0 Å². The van der Waals surface area contributed by atoms with Crippen LogP contribution in [0.3, 0.4) is 0 Å². The number of nitrogens with zero attached hydrogens (tertiary/aromatic N) is 10. The lowest BCUT2D eigenvalue weighted by Gasteiger charge is -2.39. The third kappa shape index (κ3) is 14.2. The van der Waals surface area contributed by atoms with Gasteiger partial charge in [-0.3, -0.25) is 38.7 Å². The quantitative estimate of drug-likeness (QED) is 0.108. The number of benzene rings is 3. The molecule has 10 rings (SSSR count). The molecular formula is C58H73FN12O7. The Morgan fingerprint density at radius 3 is 2.26 bits per heavy atom. The van der Waals surface area contributed by atoms with Crippen LogP contribution in [0.15, 0.2) is 84.0 Å². The van der Waals surface area contributed by atoms with Crippen LogP contribution in [0.2, 0.25) is 0 Å². The zero-order valence-corrected chi connectivity index (χ0v) is 44.7. The number of carbonyl (C=O) groups excluding carboxylic acids is 4. The molecule has 4 fully saturated rings. The second-order valence-corrected chi connectivity index (χ2v) is 21.5. The molecule has 0 bridgehead atoms. The third-order valence-corrected chi connectivity index (χ3v) is 16.2. The number of ether oxygens (including phenoxy) is 2. The summed E-state index contributed by atoms with van der Waals surface area (Å²) in [6.45, 7) is 15.2. The average molecular weight is 1070 g/mol. The molecule has 5 aromatic rings. The smallest absolute Gasteiger partial charge is 0.272 e. The maximum Gasteiger partial charge on any atom is 0.272 e. The average Bonchev–Trinajstić information content (AvgIpc) is 3.93. The molecule has 414 valence electrons. The summed E-state index contributed by atoms with van der Waals surface area (Å²) in [5, 5.41) is 11.0. The van der Waals surface area contributed by atoms with E-state index >= 15 is 4.39 Å². The van der Waals surface area contributed by atoms with Gasteiger partial charge in [0, 0.05) is 133 Å². The number of piperidine rings is 2. The van der Waals surface area contributed by atoms with E-state index < -0.39 is 11.7 Å². The number of hydrogen-bond donors (Lipinski definition) is 2. The van der Waals surface area contributed by atoms with Gasteiger partial charge in [0.25, 0.3) is 17.4 Å². The number of H-pyrrole nitrogens is 1. The van der Waals surface area contributed by atoms with Crippen LogP contribution in [0.25, 0.3) is 10.8 Å². The van der Waals surface area contributed by atoms with Gasteiger partial charge < -0.3 is 34.4 Å². The summed E-state index contributed by atoms with van der Waals surface area (Å²) >= 11 is 0. The number of nitrogens with one attached hydrogen (secondary N) is 2. The minimum atomic E-state index is -0.595. The summed E-state index contributed by atoms with van der Waals surface area (Å²) in [7, 11) is 0. The minimum Gasteiger partial charge on any atom is -0.378 e. The van der Waals surface area contributed by atoms with E-state index in [1.165, 1.54) is 6.07 Å². The Kier molecular flexibility index (Phi) is 18.5. The van der Waals surface area contributed by atoms with Gasteiger partial charge in [0.05, 0.1) is 61.9 Å². The Hall–Kier alpha value is -6.55. The topological polar surface area (TPSA) is 193 Å². The van der Waals surface area contributed by atoms with Crippen molar-refractivity contribution >= 4 is 34.4 Å². The Labute approximate surface area is 455 Å². The van der Waals surface area contributed by atoms with Gasteiger partial charge in [0.2, 0.25) is 11.8 Å². The van der Waals surface area contributed by atoms with Gasteiger partial charge in [-0.2, -0.15) is 5.10 Å². The van der Waals surface area contributed by atoms with E-state index in [4.69, 9.17) is 9.47 Å². The number of halogens is 1. The number of carbonyl (C=O) groups is 4. The van der Waals surface area contributed by atoms with Gasteiger partial charge in [-0.1, -0.05) is 36.4 Å². The van der Waals surface area contributed by atoms with Crippen molar-refractivity contribution in [1.29, 1.82) is 0 Å². The molecule has 4 saturated heterocycles. The van der Waals surface area contributed by atoms with E-state index in [9.17, 15) is 24.0 Å². The Morgan fingerprint density at radius 1 is 0.705 bits per heavy atom. The molecule has 4 amide bonds. The third-order valence-electron chi connectivity index (χ3n) is 16.2. The fraction of sp³-hybridized carbons (Fsp3) is 0.517. The first kappa shape index (κ1) is 54.8. The highest BCUT2D eigenvalue weighted by molar-refractivity contribution is 5.95. The molecule has 19 nitrogen and oxygen atoms in total. The van der Waals surface area contributed by atoms with Crippen molar-refractivity contribution in [3.63, 3.8) is 0 Å². The molecule has 1 atom stereocenters. The van der Waals surface area contributed by atoms with E-state index in [2.05, 4.69) is 51.1 Å². The summed E-state index contributed by atoms with van der Waals surface area (Å²) in [5.41, 5.74) is 4.82. The molecule has 0 spiro atoms. The standard InChI is InChI=1S/C58H73FN12O7/c59-51-11-10-43(32-52-48-8-1-2-9-49(48)57(75)64-63-52)31-50(51)58(76)70-24-22-69(23-25-70)54(72)39-66-16-12-42(13-17-66)35-67-20-18-65(19-21-67)26-28-78-30-29-77-27-14-61-56(74)45-6-3-5-44(33-45)46-7-4-15-71(37-46)55(73)40-68-36-47-34-60-41-62-53(47)38-68/h1-3,5-6,8-11,31,33-34,41-42,46H,4,7,12-30,32,35-40H2,(H,61,74)(H,64,75)/t46-/m1/s1. The normalized spacial score (nSPS) is 19.1. The highest BCUT2D eigenvalue weighted by Crippen LogP contribution is 2.29. The van der Waals surface area contributed by atoms with Crippen LogP contribution < -0.4 is 10.9 Å². The summed E-state index contributed by atoms with van der Waals surface area (Å²) in [6, 6.07) is 19.5.